The van der Waals surface area contributed by atoms with E-state index in [4.69, 9.17) is 4.52 Å². The van der Waals surface area contributed by atoms with Crippen molar-refractivity contribution in [1.82, 2.24) is 20.4 Å². The van der Waals surface area contributed by atoms with E-state index < -0.39 is 18.6 Å². The van der Waals surface area contributed by atoms with Crippen LogP contribution in [0.4, 0.5) is 13.2 Å². The summed E-state index contributed by atoms with van der Waals surface area (Å²) in [6.07, 6.45) is -0.0490. The molecule has 0 radical (unpaired) electrons. The summed E-state index contributed by atoms with van der Waals surface area (Å²) in [6, 6.07) is 4.83. The second kappa shape index (κ2) is 7.22. The molecule has 2 aromatic rings. The highest BCUT2D eigenvalue weighted by Crippen LogP contribution is 2.21. The van der Waals surface area contributed by atoms with Gasteiger partial charge in [0, 0.05) is 43.2 Å². The smallest absolute Gasteiger partial charge is 0.355 e. The second-order valence-electron chi connectivity index (χ2n) is 5.95. The summed E-state index contributed by atoms with van der Waals surface area (Å²) in [5.41, 5.74) is 0.895. The van der Waals surface area contributed by atoms with E-state index >= 15 is 0 Å². The van der Waals surface area contributed by atoms with Crippen LogP contribution >= 0.6 is 0 Å². The fourth-order valence-corrected chi connectivity index (χ4v) is 2.78. The van der Waals surface area contributed by atoms with Gasteiger partial charge in [0.2, 0.25) is 0 Å². The highest BCUT2D eigenvalue weighted by atomic mass is 19.4. The van der Waals surface area contributed by atoms with Gasteiger partial charge in [-0.25, -0.2) is 0 Å². The Morgan fingerprint density at radius 1 is 1.28 bits per heavy atom. The van der Waals surface area contributed by atoms with Gasteiger partial charge in [-0.05, 0) is 25.0 Å². The Labute approximate surface area is 142 Å². The lowest BCUT2D eigenvalue weighted by atomic mass is 10.0. The van der Waals surface area contributed by atoms with Gasteiger partial charge in [-0.1, -0.05) is 5.16 Å². The third-order valence-electron chi connectivity index (χ3n) is 4.03. The van der Waals surface area contributed by atoms with E-state index in [9.17, 15) is 18.0 Å². The van der Waals surface area contributed by atoms with Crippen molar-refractivity contribution in [3.63, 3.8) is 0 Å². The second-order valence-corrected chi connectivity index (χ2v) is 5.95. The molecule has 1 aliphatic rings. The number of hydrogen-bond acceptors (Lipinski definition) is 5. The summed E-state index contributed by atoms with van der Waals surface area (Å²) in [7, 11) is 0. The third kappa shape index (κ3) is 4.79. The maximum absolute atomic E-state index is 12.4. The molecule has 1 N–H and O–H groups in total. The van der Waals surface area contributed by atoms with Crippen molar-refractivity contribution >= 4 is 5.91 Å². The van der Waals surface area contributed by atoms with Crippen molar-refractivity contribution in [2.45, 2.75) is 25.1 Å². The summed E-state index contributed by atoms with van der Waals surface area (Å²) in [4.78, 5) is 17.5. The molecule has 6 nitrogen and oxygen atoms in total. The number of carbonyl (C=O) groups excluding carboxylic acids is 1. The number of hydrogen-bond donors (Lipinski definition) is 1. The molecule has 9 heteroatoms. The van der Waals surface area contributed by atoms with Gasteiger partial charge < -0.3 is 9.84 Å². The van der Waals surface area contributed by atoms with Gasteiger partial charge in [0.15, 0.2) is 11.5 Å². The molecule has 3 rings (SSSR count). The lowest BCUT2D eigenvalue weighted by Gasteiger charge is -2.32. The molecule has 25 heavy (non-hydrogen) atoms. The average molecular weight is 354 g/mol. The molecule has 3 heterocycles. The molecule has 1 fully saturated rings. The first-order valence-electron chi connectivity index (χ1n) is 7.88. The van der Waals surface area contributed by atoms with Gasteiger partial charge in [0.1, 0.15) is 0 Å². The standard InChI is InChI=1S/C16H17F3N4O2/c17-16(18,19)10-23-7-3-12(4-8-23)21-15(24)13-9-14(25-22-13)11-1-5-20-6-2-11/h1-2,5-6,9,12H,3-4,7-8,10H2,(H,21,24). The zero-order valence-corrected chi connectivity index (χ0v) is 13.3. The number of alkyl halides is 3. The van der Waals surface area contributed by atoms with E-state index in [1.165, 1.54) is 11.0 Å². The van der Waals surface area contributed by atoms with Gasteiger partial charge in [-0.15, -0.1) is 0 Å². The first-order chi connectivity index (χ1) is 11.9. The highest BCUT2D eigenvalue weighted by molar-refractivity contribution is 5.93. The molecule has 1 saturated heterocycles. The van der Waals surface area contributed by atoms with Crippen LogP contribution in [0.25, 0.3) is 11.3 Å². The summed E-state index contributed by atoms with van der Waals surface area (Å²) >= 11 is 0. The number of pyridine rings is 1. The number of nitrogens with zero attached hydrogens (tertiary/aromatic N) is 3. The molecule has 0 bridgehead atoms. The van der Waals surface area contributed by atoms with E-state index in [0.717, 1.165) is 5.56 Å². The number of halogens is 3. The van der Waals surface area contributed by atoms with Crippen molar-refractivity contribution in [3.8, 4) is 11.3 Å². The highest BCUT2D eigenvalue weighted by Gasteiger charge is 2.32. The first kappa shape index (κ1) is 17.4. The number of rotatable bonds is 4. The maximum atomic E-state index is 12.4. The van der Waals surface area contributed by atoms with Crippen LogP contribution in [0.3, 0.4) is 0 Å². The zero-order chi connectivity index (χ0) is 17.9. The Balaban J connectivity index is 1.53. The summed E-state index contributed by atoms with van der Waals surface area (Å²) in [5, 5.41) is 6.56. The van der Waals surface area contributed by atoms with E-state index in [2.05, 4.69) is 15.5 Å². The number of amides is 1. The maximum Gasteiger partial charge on any atom is 0.401 e. The van der Waals surface area contributed by atoms with Crippen LogP contribution in [-0.4, -0.2) is 52.8 Å². The molecule has 1 aliphatic heterocycles. The lowest BCUT2D eigenvalue weighted by molar-refractivity contribution is -0.148. The van der Waals surface area contributed by atoms with Crippen LogP contribution in [0.5, 0.6) is 0 Å². The zero-order valence-electron chi connectivity index (χ0n) is 13.3. The lowest BCUT2D eigenvalue weighted by Crippen LogP contribution is -2.47. The largest absolute Gasteiger partial charge is 0.401 e. The normalized spacial score (nSPS) is 16.8. The van der Waals surface area contributed by atoms with E-state index in [0.29, 0.717) is 31.7 Å². The van der Waals surface area contributed by atoms with Crippen molar-refractivity contribution in [2.75, 3.05) is 19.6 Å². The minimum Gasteiger partial charge on any atom is -0.355 e. The number of aromatic nitrogens is 2. The van der Waals surface area contributed by atoms with E-state index in [1.54, 1.807) is 24.5 Å². The molecular weight excluding hydrogens is 337 g/mol. The fourth-order valence-electron chi connectivity index (χ4n) is 2.78. The van der Waals surface area contributed by atoms with Crippen molar-refractivity contribution in [3.05, 3.63) is 36.3 Å². The number of carbonyl (C=O) groups is 1. The number of piperidine rings is 1. The molecular formula is C16H17F3N4O2. The summed E-state index contributed by atoms with van der Waals surface area (Å²) in [6.45, 7) is -0.316. The van der Waals surface area contributed by atoms with Crippen LogP contribution < -0.4 is 5.32 Å². The van der Waals surface area contributed by atoms with Crippen LogP contribution in [0.15, 0.2) is 35.1 Å². The molecule has 0 saturated carbocycles. The number of nitrogens with one attached hydrogen (secondary N) is 1. The molecule has 0 atom stereocenters. The topological polar surface area (TPSA) is 71.3 Å². The Morgan fingerprint density at radius 2 is 1.96 bits per heavy atom. The molecule has 0 spiro atoms. The average Bonchev–Trinajstić information content (AvgIpc) is 3.06. The van der Waals surface area contributed by atoms with Crippen molar-refractivity contribution in [2.24, 2.45) is 0 Å². The molecule has 134 valence electrons. The molecule has 0 unspecified atom stereocenters. The van der Waals surface area contributed by atoms with Crippen molar-refractivity contribution in [1.29, 1.82) is 0 Å². The predicted molar refractivity (Wildman–Crippen MR) is 82.7 cm³/mol. The SMILES string of the molecule is O=C(NC1CCN(CC(F)(F)F)CC1)c1cc(-c2ccncc2)on1. The first-order valence-corrected chi connectivity index (χ1v) is 7.88. The van der Waals surface area contributed by atoms with Gasteiger partial charge in [-0.2, -0.15) is 13.2 Å². The van der Waals surface area contributed by atoms with Gasteiger partial charge >= 0.3 is 6.18 Å². The van der Waals surface area contributed by atoms with Gasteiger partial charge in [-0.3, -0.25) is 14.7 Å². The molecule has 1 amide bonds. The van der Waals surface area contributed by atoms with Crippen LogP contribution in [0.2, 0.25) is 0 Å². The Bertz CT molecular complexity index is 710. The van der Waals surface area contributed by atoms with E-state index in [-0.39, 0.29) is 11.7 Å². The van der Waals surface area contributed by atoms with Gasteiger partial charge in [0.25, 0.3) is 5.91 Å². The van der Waals surface area contributed by atoms with E-state index in [1.807, 2.05) is 0 Å². The molecule has 0 aliphatic carbocycles. The van der Waals surface area contributed by atoms with Crippen LogP contribution in [0.1, 0.15) is 23.3 Å². The number of likely N-dealkylation sites (tertiary alicyclic amines) is 1. The molecule has 0 aromatic carbocycles. The van der Waals surface area contributed by atoms with Crippen molar-refractivity contribution < 1.29 is 22.5 Å². The summed E-state index contributed by atoms with van der Waals surface area (Å²) < 4.78 is 42.3. The predicted octanol–water partition coefficient (Wildman–Crippen LogP) is 2.49. The Hall–Kier alpha value is -2.42. The Kier molecular flexibility index (Phi) is 5.03. The monoisotopic (exact) mass is 354 g/mol. The summed E-state index contributed by atoms with van der Waals surface area (Å²) in [5.74, 6) is 0.0610. The minimum atomic E-state index is -4.19. The van der Waals surface area contributed by atoms with Crippen LogP contribution in [-0.2, 0) is 0 Å². The Morgan fingerprint density at radius 3 is 2.60 bits per heavy atom. The molecule has 2 aromatic heterocycles. The third-order valence-corrected chi connectivity index (χ3v) is 4.03. The quantitative estimate of drug-likeness (QED) is 0.913. The van der Waals surface area contributed by atoms with Crippen LogP contribution in [0, 0.1) is 0 Å². The fraction of sp³-hybridized carbons (Fsp3) is 0.438. The van der Waals surface area contributed by atoms with Gasteiger partial charge in [0.05, 0.1) is 6.54 Å². The minimum absolute atomic E-state index is 0.143.